The third-order valence-corrected chi connectivity index (χ3v) is 2.90. The molecule has 0 atom stereocenters. The summed E-state index contributed by atoms with van der Waals surface area (Å²) in [5.41, 5.74) is 7.31. The van der Waals surface area contributed by atoms with Crippen LogP contribution in [0, 0.1) is 0 Å². The predicted molar refractivity (Wildman–Crippen MR) is 81.3 cm³/mol. The maximum absolute atomic E-state index is 5.87. The molecule has 20 heavy (non-hydrogen) atoms. The number of nitrogens with zero attached hydrogens (tertiary/aromatic N) is 1. The van der Waals surface area contributed by atoms with Gasteiger partial charge in [-0.15, -0.1) is 0 Å². The van der Waals surface area contributed by atoms with Gasteiger partial charge in [0.2, 0.25) is 0 Å². The number of nitrogens with two attached hydrogens (primary N) is 1. The van der Waals surface area contributed by atoms with E-state index in [2.05, 4.69) is 15.6 Å². The lowest BCUT2D eigenvalue weighted by Gasteiger charge is -2.13. The number of hydrogen-bond donors (Lipinski definition) is 3. The molecule has 0 amide bonds. The number of aliphatic imine (C=N–C) groups is 1. The van der Waals surface area contributed by atoms with Gasteiger partial charge in [0.15, 0.2) is 11.7 Å². The first kappa shape index (κ1) is 12.3. The first-order valence-corrected chi connectivity index (χ1v) is 6.49. The zero-order valence-electron chi connectivity index (χ0n) is 11.0. The second-order valence-electron chi connectivity index (χ2n) is 4.45. The zero-order chi connectivity index (χ0) is 13.8. The molecule has 0 spiro atoms. The summed E-state index contributed by atoms with van der Waals surface area (Å²) in [5, 5.41) is 6.36. The van der Waals surface area contributed by atoms with Crippen LogP contribution in [0.3, 0.4) is 0 Å². The van der Waals surface area contributed by atoms with Crippen LogP contribution in [0.4, 0.5) is 11.4 Å². The molecule has 2 aromatic rings. The number of nitrogen functional groups attached to an aromatic ring is 1. The second-order valence-corrected chi connectivity index (χ2v) is 4.45. The van der Waals surface area contributed by atoms with Gasteiger partial charge in [0, 0.05) is 12.2 Å². The summed E-state index contributed by atoms with van der Waals surface area (Å²) in [6.45, 7) is 1.62. The number of benzene rings is 2. The van der Waals surface area contributed by atoms with Crippen LogP contribution in [0.15, 0.2) is 53.5 Å². The monoisotopic (exact) mass is 268 g/mol. The molecule has 1 heterocycles. The zero-order valence-corrected chi connectivity index (χ0v) is 11.0. The molecule has 0 unspecified atom stereocenters. The molecule has 0 aliphatic carbocycles. The van der Waals surface area contributed by atoms with Crippen LogP contribution >= 0.6 is 0 Å². The van der Waals surface area contributed by atoms with Crippen molar-refractivity contribution in [3.63, 3.8) is 0 Å². The van der Waals surface area contributed by atoms with E-state index in [-0.39, 0.29) is 0 Å². The first-order valence-electron chi connectivity index (χ1n) is 6.49. The van der Waals surface area contributed by atoms with Crippen LogP contribution in [0.25, 0.3) is 0 Å². The van der Waals surface area contributed by atoms with Crippen LogP contribution in [-0.4, -0.2) is 19.0 Å². The highest BCUT2D eigenvalue weighted by Crippen LogP contribution is 2.31. The Morgan fingerprint density at radius 2 is 2.00 bits per heavy atom. The first-order chi connectivity index (χ1) is 9.81. The average molecular weight is 268 g/mol. The minimum Gasteiger partial charge on any atom is -0.455 e. The van der Waals surface area contributed by atoms with E-state index in [0.717, 1.165) is 30.5 Å². The van der Waals surface area contributed by atoms with E-state index < -0.39 is 0 Å². The number of ether oxygens (including phenoxy) is 1. The SMILES string of the molecule is Nc1ccc(Oc2ccccc2)c(NC2=NCCN2)c1. The fraction of sp³-hybridized carbons (Fsp3) is 0.133. The number of anilines is 2. The topological polar surface area (TPSA) is 71.7 Å². The molecule has 0 saturated heterocycles. The van der Waals surface area contributed by atoms with Gasteiger partial charge in [-0.25, -0.2) is 0 Å². The third kappa shape index (κ3) is 2.83. The van der Waals surface area contributed by atoms with Crippen molar-refractivity contribution in [1.82, 2.24) is 5.32 Å². The lowest BCUT2D eigenvalue weighted by atomic mass is 10.2. The van der Waals surface area contributed by atoms with Crippen molar-refractivity contribution >= 4 is 17.3 Å². The van der Waals surface area contributed by atoms with E-state index in [1.807, 2.05) is 48.5 Å². The number of para-hydroxylation sites is 1. The fourth-order valence-electron chi connectivity index (χ4n) is 1.96. The summed E-state index contributed by atoms with van der Waals surface area (Å²) in [6.07, 6.45) is 0. The molecule has 0 saturated carbocycles. The largest absolute Gasteiger partial charge is 0.455 e. The quantitative estimate of drug-likeness (QED) is 0.748. The molecule has 0 bridgehead atoms. The van der Waals surface area contributed by atoms with Crippen LogP contribution in [0.1, 0.15) is 0 Å². The van der Waals surface area contributed by atoms with Gasteiger partial charge in [0.25, 0.3) is 0 Å². The molecule has 0 radical (unpaired) electrons. The fourth-order valence-corrected chi connectivity index (χ4v) is 1.96. The van der Waals surface area contributed by atoms with Crippen molar-refractivity contribution < 1.29 is 4.74 Å². The highest BCUT2D eigenvalue weighted by molar-refractivity contribution is 5.96. The maximum atomic E-state index is 5.87. The Bertz CT molecular complexity index is 625. The summed E-state index contributed by atoms with van der Waals surface area (Å²) >= 11 is 0. The molecular formula is C15H16N4O. The molecule has 3 rings (SSSR count). The summed E-state index contributed by atoms with van der Waals surface area (Å²) in [4.78, 5) is 4.31. The molecule has 102 valence electrons. The lowest BCUT2D eigenvalue weighted by molar-refractivity contribution is 0.485. The number of nitrogens with one attached hydrogen (secondary N) is 2. The van der Waals surface area contributed by atoms with E-state index >= 15 is 0 Å². The normalized spacial score (nSPS) is 13.5. The Hall–Kier alpha value is -2.69. The van der Waals surface area contributed by atoms with Crippen molar-refractivity contribution in [3.05, 3.63) is 48.5 Å². The Labute approximate surface area is 117 Å². The maximum Gasteiger partial charge on any atom is 0.196 e. The van der Waals surface area contributed by atoms with E-state index in [1.54, 1.807) is 0 Å². The lowest BCUT2D eigenvalue weighted by Crippen LogP contribution is -2.26. The highest BCUT2D eigenvalue weighted by Gasteiger charge is 2.10. The van der Waals surface area contributed by atoms with Gasteiger partial charge >= 0.3 is 0 Å². The van der Waals surface area contributed by atoms with E-state index in [1.165, 1.54) is 0 Å². The van der Waals surface area contributed by atoms with Crippen LogP contribution < -0.4 is 21.1 Å². The number of hydrogen-bond acceptors (Lipinski definition) is 5. The Morgan fingerprint density at radius 1 is 1.15 bits per heavy atom. The molecule has 5 heteroatoms. The van der Waals surface area contributed by atoms with Gasteiger partial charge in [-0.05, 0) is 30.3 Å². The average Bonchev–Trinajstić information content (AvgIpc) is 2.96. The molecule has 4 N–H and O–H groups in total. The van der Waals surface area contributed by atoms with Crippen LogP contribution in [-0.2, 0) is 0 Å². The van der Waals surface area contributed by atoms with E-state index in [4.69, 9.17) is 10.5 Å². The number of guanidine groups is 1. The minimum atomic E-state index is 0.673. The summed E-state index contributed by atoms with van der Waals surface area (Å²) in [5.74, 6) is 2.23. The van der Waals surface area contributed by atoms with Gasteiger partial charge in [-0.3, -0.25) is 4.99 Å². The van der Waals surface area contributed by atoms with Crippen molar-refractivity contribution in [1.29, 1.82) is 0 Å². The number of rotatable bonds is 3. The minimum absolute atomic E-state index is 0.673. The summed E-state index contributed by atoms with van der Waals surface area (Å²) in [7, 11) is 0. The molecule has 2 aromatic carbocycles. The van der Waals surface area contributed by atoms with Gasteiger partial charge < -0.3 is 21.1 Å². The van der Waals surface area contributed by atoms with Gasteiger partial charge in [0.05, 0.1) is 12.2 Å². The highest BCUT2D eigenvalue weighted by atomic mass is 16.5. The molecule has 1 aliphatic heterocycles. The molecular weight excluding hydrogens is 252 g/mol. The van der Waals surface area contributed by atoms with Crippen molar-refractivity contribution in [2.75, 3.05) is 24.1 Å². The smallest absolute Gasteiger partial charge is 0.196 e. The Balaban J connectivity index is 1.85. The van der Waals surface area contributed by atoms with Crippen molar-refractivity contribution in [2.24, 2.45) is 4.99 Å². The van der Waals surface area contributed by atoms with Crippen LogP contribution in [0.5, 0.6) is 11.5 Å². The summed E-state index contributed by atoms with van der Waals surface area (Å²) < 4.78 is 5.87. The van der Waals surface area contributed by atoms with Gasteiger partial charge in [-0.2, -0.15) is 0 Å². The Morgan fingerprint density at radius 3 is 2.75 bits per heavy atom. The van der Waals surface area contributed by atoms with Gasteiger partial charge in [-0.1, -0.05) is 18.2 Å². The van der Waals surface area contributed by atoms with Gasteiger partial charge in [0.1, 0.15) is 5.75 Å². The molecule has 5 nitrogen and oxygen atoms in total. The predicted octanol–water partition coefficient (Wildman–Crippen LogP) is 2.43. The second kappa shape index (κ2) is 5.52. The standard InChI is InChI=1S/C15H16N4O/c16-11-6-7-14(20-12-4-2-1-3-5-12)13(10-11)19-15-17-8-9-18-15/h1-7,10H,8-9,16H2,(H2,17,18,19). The molecule has 0 fully saturated rings. The van der Waals surface area contributed by atoms with Crippen molar-refractivity contribution in [2.45, 2.75) is 0 Å². The molecule has 0 aromatic heterocycles. The van der Waals surface area contributed by atoms with E-state index in [9.17, 15) is 0 Å². The summed E-state index contributed by atoms with van der Waals surface area (Å²) in [6, 6.07) is 15.1. The Kier molecular flexibility index (Phi) is 3.41. The third-order valence-electron chi connectivity index (χ3n) is 2.90. The van der Waals surface area contributed by atoms with Crippen molar-refractivity contribution in [3.8, 4) is 11.5 Å². The van der Waals surface area contributed by atoms with E-state index in [0.29, 0.717) is 11.4 Å². The van der Waals surface area contributed by atoms with Crippen LogP contribution in [0.2, 0.25) is 0 Å². The molecule has 1 aliphatic rings.